The van der Waals surface area contributed by atoms with Crippen LogP contribution in [-0.4, -0.2) is 50.1 Å². The van der Waals surface area contributed by atoms with Crippen LogP contribution in [0.1, 0.15) is 10.4 Å². The second-order valence-electron chi connectivity index (χ2n) is 7.27. The summed E-state index contributed by atoms with van der Waals surface area (Å²) in [7, 11) is 5.46. The first-order chi connectivity index (χ1) is 14.5. The van der Waals surface area contributed by atoms with Crippen LogP contribution in [0.15, 0.2) is 54.6 Å². The summed E-state index contributed by atoms with van der Waals surface area (Å²) in [6, 6.07) is 16.0. The largest absolute Gasteiger partial charge is 0.496 e. The Morgan fingerprint density at radius 2 is 1.80 bits per heavy atom. The van der Waals surface area contributed by atoms with Crippen molar-refractivity contribution in [2.45, 2.75) is 0 Å². The molecule has 0 radical (unpaired) electrons. The Labute approximate surface area is 178 Å². The van der Waals surface area contributed by atoms with Gasteiger partial charge in [0.25, 0.3) is 5.91 Å². The van der Waals surface area contributed by atoms with Gasteiger partial charge in [0.1, 0.15) is 11.6 Å². The fourth-order valence-electron chi connectivity index (χ4n) is 3.29. The molecule has 0 aliphatic carbocycles. The molecule has 154 valence electrons. The lowest BCUT2D eigenvalue weighted by Gasteiger charge is -2.23. The molecule has 1 aromatic heterocycles. The van der Waals surface area contributed by atoms with Gasteiger partial charge in [-0.05, 0) is 55.2 Å². The molecule has 5 nitrogen and oxygen atoms in total. The summed E-state index contributed by atoms with van der Waals surface area (Å²) >= 11 is 1.31. The van der Waals surface area contributed by atoms with Crippen LogP contribution in [0.5, 0.6) is 5.75 Å². The van der Waals surface area contributed by atoms with Gasteiger partial charge in [-0.2, -0.15) is 0 Å². The van der Waals surface area contributed by atoms with Crippen molar-refractivity contribution < 1.29 is 13.9 Å². The van der Waals surface area contributed by atoms with Crippen molar-refractivity contribution in [3.63, 3.8) is 0 Å². The summed E-state index contributed by atoms with van der Waals surface area (Å²) < 4.78 is 19.9. The van der Waals surface area contributed by atoms with Gasteiger partial charge in [-0.25, -0.2) is 9.37 Å². The lowest BCUT2D eigenvalue weighted by atomic mass is 10.0. The maximum atomic E-state index is 13.6. The van der Waals surface area contributed by atoms with Crippen molar-refractivity contribution >= 4 is 43.4 Å². The number of likely N-dealkylation sites (N-methyl/N-ethyl adjacent to an activating group) is 1. The zero-order chi connectivity index (χ0) is 21.3. The molecule has 4 aromatic rings. The molecule has 0 atom stereocenters. The minimum absolute atomic E-state index is 0.195. The highest BCUT2D eigenvalue weighted by atomic mass is 32.1. The third-order valence-electron chi connectivity index (χ3n) is 4.88. The molecule has 4 rings (SSSR count). The first-order valence-electron chi connectivity index (χ1n) is 9.56. The lowest BCUT2D eigenvalue weighted by molar-refractivity contribution is 0.0982. The zero-order valence-electron chi connectivity index (χ0n) is 17.1. The Kier molecular flexibility index (Phi) is 5.65. The molecule has 0 fully saturated rings. The Balaban J connectivity index is 1.80. The van der Waals surface area contributed by atoms with Crippen LogP contribution in [0.2, 0.25) is 0 Å². The monoisotopic (exact) mass is 423 g/mol. The van der Waals surface area contributed by atoms with Gasteiger partial charge >= 0.3 is 0 Å². The summed E-state index contributed by atoms with van der Waals surface area (Å²) in [5.74, 6) is -0.000226. The number of rotatable bonds is 6. The number of ether oxygens (including phenoxy) is 1. The first kappa shape index (κ1) is 20.3. The predicted octanol–water partition coefficient (Wildman–Crippen LogP) is 4.81. The number of aromatic nitrogens is 1. The van der Waals surface area contributed by atoms with E-state index in [2.05, 4.69) is 4.98 Å². The average Bonchev–Trinajstić information content (AvgIpc) is 3.15. The van der Waals surface area contributed by atoms with E-state index in [9.17, 15) is 9.18 Å². The molecule has 3 aromatic carbocycles. The van der Waals surface area contributed by atoms with Crippen molar-refractivity contribution in [3.8, 4) is 5.75 Å². The van der Waals surface area contributed by atoms with Gasteiger partial charge in [-0.3, -0.25) is 9.69 Å². The summed E-state index contributed by atoms with van der Waals surface area (Å²) in [5, 5.41) is 2.50. The number of methoxy groups -OCH3 is 1. The molecule has 0 unspecified atom stereocenters. The van der Waals surface area contributed by atoms with Crippen molar-refractivity contribution in [2.75, 3.05) is 39.2 Å². The van der Waals surface area contributed by atoms with E-state index >= 15 is 0 Å². The van der Waals surface area contributed by atoms with Crippen molar-refractivity contribution in [3.05, 3.63) is 66.0 Å². The van der Waals surface area contributed by atoms with E-state index in [1.807, 2.05) is 55.4 Å². The molecule has 0 aliphatic rings. The predicted molar refractivity (Wildman–Crippen MR) is 120 cm³/mol. The Morgan fingerprint density at radius 1 is 1.07 bits per heavy atom. The van der Waals surface area contributed by atoms with E-state index < -0.39 is 0 Å². The van der Waals surface area contributed by atoms with E-state index in [-0.39, 0.29) is 11.7 Å². The Morgan fingerprint density at radius 3 is 2.50 bits per heavy atom. The summed E-state index contributed by atoms with van der Waals surface area (Å²) in [6.07, 6.45) is 0. The zero-order valence-corrected chi connectivity index (χ0v) is 17.9. The highest BCUT2D eigenvalue weighted by Gasteiger charge is 2.24. The number of halogens is 1. The van der Waals surface area contributed by atoms with Gasteiger partial charge in [-0.1, -0.05) is 35.6 Å². The van der Waals surface area contributed by atoms with E-state index in [4.69, 9.17) is 4.74 Å². The van der Waals surface area contributed by atoms with Gasteiger partial charge in [0, 0.05) is 13.1 Å². The van der Waals surface area contributed by atoms with Crippen molar-refractivity contribution in [2.24, 2.45) is 0 Å². The number of fused-ring (bicyclic) bond motifs is 2. The topological polar surface area (TPSA) is 45.7 Å². The van der Waals surface area contributed by atoms with Gasteiger partial charge in [0.15, 0.2) is 5.13 Å². The van der Waals surface area contributed by atoms with Gasteiger partial charge in [-0.15, -0.1) is 0 Å². The van der Waals surface area contributed by atoms with Gasteiger partial charge in [0.05, 0.1) is 22.9 Å². The number of hydrogen-bond donors (Lipinski definition) is 0. The molecule has 0 saturated carbocycles. The second-order valence-corrected chi connectivity index (χ2v) is 8.28. The standard InChI is InChI=1S/C23H22FN3O2S/c1-26(2)10-11-27(23-25-19-9-8-17(24)14-21(19)30-23)22(28)18-12-15-6-4-5-7-16(15)13-20(18)29-3/h4-9,12-14H,10-11H2,1-3H3. The van der Waals surface area contributed by atoms with Crippen LogP contribution in [0.25, 0.3) is 21.0 Å². The second kappa shape index (κ2) is 8.38. The highest BCUT2D eigenvalue weighted by molar-refractivity contribution is 7.22. The lowest BCUT2D eigenvalue weighted by Crippen LogP contribution is -2.37. The number of carbonyl (C=O) groups is 1. The Bertz CT molecular complexity index is 1220. The fraction of sp³-hybridized carbons (Fsp3) is 0.217. The van der Waals surface area contributed by atoms with Crippen molar-refractivity contribution in [1.29, 1.82) is 0 Å². The number of anilines is 1. The quantitative estimate of drug-likeness (QED) is 0.447. The molecule has 0 bridgehead atoms. The molecule has 30 heavy (non-hydrogen) atoms. The number of hydrogen-bond acceptors (Lipinski definition) is 5. The molecule has 0 saturated heterocycles. The van der Waals surface area contributed by atoms with Gasteiger partial charge in [0.2, 0.25) is 0 Å². The number of amides is 1. The minimum Gasteiger partial charge on any atom is -0.496 e. The molecular weight excluding hydrogens is 401 g/mol. The molecule has 0 aliphatic heterocycles. The molecule has 1 amide bonds. The highest BCUT2D eigenvalue weighted by Crippen LogP contribution is 2.33. The van der Waals surface area contributed by atoms with Crippen LogP contribution in [0.4, 0.5) is 9.52 Å². The molecular formula is C23H22FN3O2S. The molecule has 0 spiro atoms. The molecule has 0 N–H and O–H groups in total. The van der Waals surface area contributed by atoms with Crippen LogP contribution >= 0.6 is 11.3 Å². The summed E-state index contributed by atoms with van der Waals surface area (Å²) in [4.78, 5) is 21.9. The molecule has 7 heteroatoms. The van der Waals surface area contributed by atoms with Gasteiger partial charge < -0.3 is 9.64 Å². The maximum Gasteiger partial charge on any atom is 0.263 e. The number of thiazole rings is 1. The fourth-order valence-corrected chi connectivity index (χ4v) is 4.30. The SMILES string of the molecule is COc1cc2ccccc2cc1C(=O)N(CCN(C)C)c1nc2ccc(F)cc2s1. The third-order valence-corrected chi connectivity index (χ3v) is 5.93. The maximum absolute atomic E-state index is 13.6. The Hall–Kier alpha value is -3.03. The first-order valence-corrected chi connectivity index (χ1v) is 10.4. The third kappa shape index (κ3) is 3.99. The van der Waals surface area contributed by atoms with Crippen LogP contribution < -0.4 is 9.64 Å². The summed E-state index contributed by atoms with van der Waals surface area (Å²) in [5.41, 5.74) is 1.14. The normalized spacial score (nSPS) is 11.4. The number of nitrogens with zero attached hydrogens (tertiary/aromatic N) is 3. The minimum atomic E-state index is -0.319. The van der Waals surface area contributed by atoms with Crippen molar-refractivity contribution in [1.82, 2.24) is 9.88 Å². The summed E-state index contributed by atoms with van der Waals surface area (Å²) in [6.45, 7) is 1.11. The van der Waals surface area contributed by atoms with Crippen LogP contribution in [-0.2, 0) is 0 Å². The van der Waals surface area contributed by atoms with E-state index in [0.717, 1.165) is 10.8 Å². The van der Waals surface area contributed by atoms with E-state index in [1.165, 1.54) is 23.5 Å². The van der Waals surface area contributed by atoms with E-state index in [1.54, 1.807) is 18.1 Å². The van der Waals surface area contributed by atoms with Crippen LogP contribution in [0.3, 0.4) is 0 Å². The van der Waals surface area contributed by atoms with E-state index in [0.29, 0.717) is 39.8 Å². The number of benzene rings is 3. The number of carbonyl (C=O) groups excluding carboxylic acids is 1. The average molecular weight is 424 g/mol. The van der Waals surface area contributed by atoms with Crippen LogP contribution in [0, 0.1) is 5.82 Å². The smallest absolute Gasteiger partial charge is 0.263 e. The molecule has 1 heterocycles.